The van der Waals surface area contributed by atoms with Gasteiger partial charge in [0.2, 0.25) is 0 Å². The Morgan fingerprint density at radius 3 is 2.30 bits per heavy atom. The molecule has 1 N–H and O–H groups in total. The Morgan fingerprint density at radius 1 is 0.973 bits per heavy atom. The monoisotopic (exact) mass is 526 g/mol. The standard InChI is InChI=1S/C26H21F7N2O2/c27-21-11-19(24(36,25(28,29)30)26(31,32)33)5-6-20(21)17-3-1-16(2-4-17)14-35-10-8-23(15-35)12-18-7-9-34-13-22(18)37-23/h1-7,9,11,13,36H,8,10,12,14-15H2/t23-/m1/s1. The summed E-state index contributed by atoms with van der Waals surface area (Å²) in [5, 5.41) is 9.51. The number of halogens is 7. The summed E-state index contributed by atoms with van der Waals surface area (Å²) in [4.78, 5) is 6.32. The van der Waals surface area contributed by atoms with Crippen LogP contribution >= 0.6 is 0 Å². The molecule has 1 fully saturated rings. The second-order valence-corrected chi connectivity index (χ2v) is 9.50. The van der Waals surface area contributed by atoms with E-state index in [1.54, 1.807) is 36.7 Å². The van der Waals surface area contributed by atoms with Crippen LogP contribution in [0.3, 0.4) is 0 Å². The van der Waals surface area contributed by atoms with Gasteiger partial charge in [0.25, 0.3) is 5.60 Å². The van der Waals surface area contributed by atoms with Crippen LogP contribution in [0.1, 0.15) is 23.1 Å². The van der Waals surface area contributed by atoms with Crippen molar-refractivity contribution in [2.75, 3.05) is 13.1 Å². The van der Waals surface area contributed by atoms with E-state index in [1.165, 1.54) is 0 Å². The maximum absolute atomic E-state index is 14.7. The van der Waals surface area contributed by atoms with Crippen molar-refractivity contribution < 1.29 is 40.6 Å². The molecule has 3 aromatic rings. The highest BCUT2D eigenvalue weighted by molar-refractivity contribution is 5.65. The lowest BCUT2D eigenvalue weighted by Crippen LogP contribution is -2.53. The molecule has 196 valence electrons. The Hall–Kier alpha value is -3.18. The van der Waals surface area contributed by atoms with Gasteiger partial charge >= 0.3 is 12.4 Å². The van der Waals surface area contributed by atoms with Gasteiger partial charge in [-0.2, -0.15) is 26.3 Å². The van der Waals surface area contributed by atoms with Crippen LogP contribution in [-0.2, 0) is 18.6 Å². The minimum absolute atomic E-state index is 0.0725. The number of hydrogen-bond donors (Lipinski definition) is 1. The van der Waals surface area contributed by atoms with Gasteiger partial charge in [0.05, 0.1) is 6.20 Å². The molecule has 0 aliphatic carbocycles. The Labute approximate surface area is 207 Å². The first-order chi connectivity index (χ1) is 17.3. The first kappa shape index (κ1) is 25.5. The van der Waals surface area contributed by atoms with E-state index in [1.807, 2.05) is 6.07 Å². The lowest BCUT2D eigenvalue weighted by molar-refractivity contribution is -0.376. The molecule has 1 spiro atoms. The summed E-state index contributed by atoms with van der Waals surface area (Å²) in [5.41, 5.74) is -5.01. The van der Waals surface area contributed by atoms with E-state index in [9.17, 15) is 35.8 Å². The maximum Gasteiger partial charge on any atom is 0.430 e. The largest absolute Gasteiger partial charge is 0.484 e. The summed E-state index contributed by atoms with van der Waals surface area (Å²) < 4.78 is 99.5. The van der Waals surface area contributed by atoms with Crippen molar-refractivity contribution in [3.8, 4) is 16.9 Å². The van der Waals surface area contributed by atoms with Crippen molar-refractivity contribution in [3.05, 3.63) is 83.4 Å². The number of alkyl halides is 6. The molecule has 11 heteroatoms. The molecule has 0 unspecified atom stereocenters. The summed E-state index contributed by atoms with van der Waals surface area (Å²) in [6.07, 6.45) is -7.08. The number of rotatable bonds is 4. The highest BCUT2D eigenvalue weighted by atomic mass is 19.4. The predicted molar refractivity (Wildman–Crippen MR) is 119 cm³/mol. The van der Waals surface area contributed by atoms with Crippen molar-refractivity contribution in [1.29, 1.82) is 0 Å². The van der Waals surface area contributed by atoms with E-state index in [0.29, 0.717) is 19.2 Å². The second-order valence-electron chi connectivity index (χ2n) is 9.50. The zero-order chi connectivity index (χ0) is 26.6. The van der Waals surface area contributed by atoms with Crippen LogP contribution in [0.4, 0.5) is 30.7 Å². The Morgan fingerprint density at radius 2 is 1.68 bits per heavy atom. The molecular formula is C26H21F7N2O2. The number of nitrogens with zero attached hydrogens (tertiary/aromatic N) is 2. The highest BCUT2D eigenvalue weighted by Crippen LogP contribution is 2.50. The average molecular weight is 526 g/mol. The van der Waals surface area contributed by atoms with Crippen LogP contribution in [0, 0.1) is 5.82 Å². The quantitative estimate of drug-likeness (QED) is 0.438. The first-order valence-electron chi connectivity index (χ1n) is 11.4. The van der Waals surface area contributed by atoms with E-state index < -0.39 is 29.3 Å². The highest BCUT2D eigenvalue weighted by Gasteiger charge is 2.71. The Balaban J connectivity index is 1.29. The minimum Gasteiger partial charge on any atom is -0.484 e. The molecule has 3 heterocycles. The van der Waals surface area contributed by atoms with Gasteiger partial charge in [0.1, 0.15) is 17.2 Å². The van der Waals surface area contributed by atoms with Crippen molar-refractivity contribution in [1.82, 2.24) is 9.88 Å². The van der Waals surface area contributed by atoms with Gasteiger partial charge in [-0.05, 0) is 23.3 Å². The van der Waals surface area contributed by atoms with Crippen LogP contribution in [0.5, 0.6) is 5.75 Å². The van der Waals surface area contributed by atoms with Crippen LogP contribution in [-0.4, -0.2) is 46.0 Å². The number of benzene rings is 2. The van der Waals surface area contributed by atoms with E-state index >= 15 is 0 Å². The minimum atomic E-state index is -6.09. The fraction of sp³-hybridized carbons (Fsp3) is 0.346. The van der Waals surface area contributed by atoms with Crippen LogP contribution < -0.4 is 4.74 Å². The number of aromatic nitrogens is 1. The summed E-state index contributed by atoms with van der Waals surface area (Å²) >= 11 is 0. The summed E-state index contributed by atoms with van der Waals surface area (Å²) in [5.74, 6) is -0.517. The molecule has 37 heavy (non-hydrogen) atoms. The molecule has 2 aromatic carbocycles. The number of aliphatic hydroxyl groups is 1. The van der Waals surface area contributed by atoms with Crippen LogP contribution in [0.15, 0.2) is 60.9 Å². The molecule has 2 aliphatic heterocycles. The zero-order valence-corrected chi connectivity index (χ0v) is 19.2. The Kier molecular flexibility index (Phi) is 5.99. The van der Waals surface area contributed by atoms with E-state index in [-0.39, 0.29) is 22.8 Å². The van der Waals surface area contributed by atoms with Gasteiger partial charge in [-0.15, -0.1) is 0 Å². The molecule has 0 bridgehead atoms. The molecule has 1 atom stereocenters. The lowest BCUT2D eigenvalue weighted by atomic mass is 9.90. The lowest BCUT2D eigenvalue weighted by Gasteiger charge is -2.32. The SMILES string of the molecule is OC(c1ccc(-c2ccc(CN3CC[C@@]4(Cc5ccncc5O4)C3)cc2)c(F)c1)(C(F)(F)F)C(F)(F)F. The van der Waals surface area contributed by atoms with Gasteiger partial charge in [0.15, 0.2) is 0 Å². The van der Waals surface area contributed by atoms with E-state index in [4.69, 9.17) is 4.74 Å². The van der Waals surface area contributed by atoms with Crippen LogP contribution in [0.2, 0.25) is 0 Å². The van der Waals surface area contributed by atoms with Crippen molar-refractivity contribution in [3.63, 3.8) is 0 Å². The maximum atomic E-state index is 14.7. The number of hydrogen-bond acceptors (Lipinski definition) is 4. The summed E-state index contributed by atoms with van der Waals surface area (Å²) in [7, 11) is 0. The average Bonchev–Trinajstić information content (AvgIpc) is 3.39. The topological polar surface area (TPSA) is 45.6 Å². The Bertz CT molecular complexity index is 1270. The van der Waals surface area contributed by atoms with Gasteiger partial charge < -0.3 is 9.84 Å². The molecule has 1 saturated heterocycles. The van der Waals surface area contributed by atoms with Crippen molar-refractivity contribution in [2.45, 2.75) is 42.9 Å². The number of fused-ring (bicyclic) bond motifs is 1. The number of likely N-dealkylation sites (tertiary alicyclic amines) is 1. The fourth-order valence-electron chi connectivity index (χ4n) is 5.06. The molecular weight excluding hydrogens is 505 g/mol. The number of pyridine rings is 1. The predicted octanol–water partition coefficient (Wildman–Crippen LogP) is 5.78. The van der Waals surface area contributed by atoms with Gasteiger partial charge in [-0.25, -0.2) is 4.39 Å². The molecule has 1 aromatic heterocycles. The van der Waals surface area contributed by atoms with Crippen LogP contribution in [0.25, 0.3) is 11.1 Å². The number of ether oxygens (including phenoxy) is 1. The van der Waals surface area contributed by atoms with Crippen molar-refractivity contribution >= 4 is 0 Å². The first-order valence-corrected chi connectivity index (χ1v) is 11.4. The molecule has 5 rings (SSSR count). The molecule has 0 amide bonds. The third-order valence-corrected chi connectivity index (χ3v) is 6.98. The fourth-order valence-corrected chi connectivity index (χ4v) is 5.06. The van der Waals surface area contributed by atoms with Gasteiger partial charge in [-0.1, -0.05) is 36.4 Å². The summed E-state index contributed by atoms with van der Waals surface area (Å²) in [6, 6.07) is 9.81. The van der Waals surface area contributed by atoms with E-state index in [0.717, 1.165) is 42.3 Å². The van der Waals surface area contributed by atoms with Gasteiger partial charge in [0, 0.05) is 55.4 Å². The second kappa shape index (κ2) is 8.70. The molecule has 0 radical (unpaired) electrons. The third-order valence-electron chi connectivity index (χ3n) is 6.98. The van der Waals surface area contributed by atoms with E-state index in [2.05, 4.69) is 9.88 Å². The normalized spacial score (nSPS) is 20.3. The molecule has 2 aliphatic rings. The molecule has 4 nitrogen and oxygen atoms in total. The van der Waals surface area contributed by atoms with Crippen molar-refractivity contribution in [2.24, 2.45) is 0 Å². The molecule has 0 saturated carbocycles. The third kappa shape index (κ3) is 4.44. The van der Waals surface area contributed by atoms with Gasteiger partial charge in [-0.3, -0.25) is 9.88 Å². The zero-order valence-electron chi connectivity index (χ0n) is 19.2. The summed E-state index contributed by atoms with van der Waals surface area (Å²) in [6.45, 7) is 2.10. The smallest absolute Gasteiger partial charge is 0.430 e.